The monoisotopic (exact) mass is 218 g/mol. The third-order valence-corrected chi connectivity index (χ3v) is 2.24. The topological polar surface area (TPSA) is 24.5 Å². The molecule has 0 rings (SSSR count). The van der Waals surface area contributed by atoms with Crippen LogP contribution >= 0.6 is 12.2 Å². The first-order valence-electron chi connectivity index (χ1n) is 5.14. The molecule has 0 spiro atoms. The van der Waals surface area contributed by atoms with Crippen molar-refractivity contribution in [2.45, 2.75) is 20.8 Å². The van der Waals surface area contributed by atoms with E-state index in [1.165, 1.54) is 0 Å². The maximum Gasteiger partial charge on any atom is 0.168 e. The Kier molecular flexibility index (Phi) is 7.80. The molecule has 0 aliphatic rings. The smallest absolute Gasteiger partial charge is 0.168 e. The summed E-state index contributed by atoms with van der Waals surface area (Å²) in [6.45, 7) is 9.59. The van der Waals surface area contributed by atoms with Crippen LogP contribution in [0.25, 0.3) is 0 Å². The number of thiocarbonyl (C=S) groups is 1. The molecule has 84 valence electrons. The molecule has 0 radical (unpaired) electrons. The molecule has 14 heavy (non-hydrogen) atoms. The molecule has 3 nitrogen and oxygen atoms in total. The van der Waals surface area contributed by atoms with Gasteiger partial charge in [0.05, 0.1) is 6.61 Å². The van der Waals surface area contributed by atoms with E-state index >= 15 is 0 Å². The molecule has 0 heterocycles. The number of nitrogens with one attached hydrogen (secondary N) is 1. The van der Waals surface area contributed by atoms with Gasteiger partial charge in [0, 0.05) is 26.7 Å². The van der Waals surface area contributed by atoms with Crippen LogP contribution in [-0.2, 0) is 4.74 Å². The molecule has 0 unspecified atom stereocenters. The van der Waals surface area contributed by atoms with Gasteiger partial charge in [-0.1, -0.05) is 13.8 Å². The average Bonchev–Trinajstić information content (AvgIpc) is 2.14. The molecule has 0 saturated carbocycles. The number of hydrogen-bond donors (Lipinski definition) is 1. The number of nitrogens with zero attached hydrogens (tertiary/aromatic N) is 1. The number of ether oxygens (including phenoxy) is 1. The second kappa shape index (κ2) is 8.00. The van der Waals surface area contributed by atoms with E-state index in [-0.39, 0.29) is 0 Å². The Balaban J connectivity index is 3.54. The maximum atomic E-state index is 5.25. The van der Waals surface area contributed by atoms with Crippen molar-refractivity contribution in [1.29, 1.82) is 0 Å². The van der Waals surface area contributed by atoms with Gasteiger partial charge >= 0.3 is 0 Å². The Morgan fingerprint density at radius 3 is 2.64 bits per heavy atom. The highest BCUT2D eigenvalue weighted by atomic mass is 32.1. The summed E-state index contributed by atoms with van der Waals surface area (Å²) in [6, 6.07) is 0. The van der Waals surface area contributed by atoms with E-state index in [0.717, 1.165) is 31.4 Å². The summed E-state index contributed by atoms with van der Waals surface area (Å²) in [5.41, 5.74) is 0. The summed E-state index contributed by atoms with van der Waals surface area (Å²) in [5.74, 6) is 0.619. The molecular weight excluding hydrogens is 196 g/mol. The summed E-state index contributed by atoms with van der Waals surface area (Å²) < 4.78 is 5.25. The van der Waals surface area contributed by atoms with Gasteiger partial charge in [-0.05, 0) is 25.1 Å². The van der Waals surface area contributed by atoms with Crippen molar-refractivity contribution in [3.05, 3.63) is 0 Å². The Labute approximate surface area is 92.8 Å². The average molecular weight is 218 g/mol. The minimum absolute atomic E-state index is 0.619. The lowest BCUT2D eigenvalue weighted by Crippen LogP contribution is -2.40. The van der Waals surface area contributed by atoms with Crippen molar-refractivity contribution < 1.29 is 4.74 Å². The molecular formula is C10H22N2OS. The number of hydrogen-bond acceptors (Lipinski definition) is 2. The largest absolute Gasteiger partial charge is 0.380 e. The SMILES string of the molecule is CCOCCN(C)C(=S)NCC(C)C. The predicted molar refractivity (Wildman–Crippen MR) is 64.6 cm³/mol. The van der Waals surface area contributed by atoms with Gasteiger partial charge in [-0.2, -0.15) is 0 Å². The van der Waals surface area contributed by atoms with Crippen LogP contribution in [0.4, 0.5) is 0 Å². The van der Waals surface area contributed by atoms with Gasteiger partial charge in [0.15, 0.2) is 5.11 Å². The third kappa shape index (κ3) is 7.09. The molecule has 0 aromatic heterocycles. The van der Waals surface area contributed by atoms with Crippen LogP contribution in [0.3, 0.4) is 0 Å². The van der Waals surface area contributed by atoms with Crippen LogP contribution in [0, 0.1) is 5.92 Å². The van der Waals surface area contributed by atoms with Crippen molar-refractivity contribution in [2.24, 2.45) is 5.92 Å². The molecule has 0 fully saturated rings. The fourth-order valence-corrected chi connectivity index (χ4v) is 1.05. The second-order valence-electron chi connectivity index (χ2n) is 3.70. The normalized spacial score (nSPS) is 10.4. The Bertz CT molecular complexity index is 162. The summed E-state index contributed by atoms with van der Waals surface area (Å²) >= 11 is 5.20. The fourth-order valence-electron chi connectivity index (χ4n) is 0.874. The lowest BCUT2D eigenvalue weighted by atomic mass is 10.2. The van der Waals surface area contributed by atoms with Crippen molar-refractivity contribution >= 4 is 17.3 Å². The number of rotatable bonds is 6. The zero-order valence-corrected chi connectivity index (χ0v) is 10.5. The van der Waals surface area contributed by atoms with Crippen LogP contribution in [0.2, 0.25) is 0 Å². The summed E-state index contributed by atoms with van der Waals surface area (Å²) in [6.07, 6.45) is 0. The standard InChI is InChI=1S/C10H22N2OS/c1-5-13-7-6-12(4)10(14)11-8-9(2)3/h9H,5-8H2,1-4H3,(H,11,14). The van der Waals surface area contributed by atoms with E-state index in [1.807, 2.05) is 18.9 Å². The zero-order valence-electron chi connectivity index (χ0n) is 9.67. The molecule has 1 N–H and O–H groups in total. The van der Waals surface area contributed by atoms with E-state index in [4.69, 9.17) is 17.0 Å². The first kappa shape index (κ1) is 13.7. The highest BCUT2D eigenvalue weighted by Gasteiger charge is 2.03. The third-order valence-electron chi connectivity index (χ3n) is 1.78. The zero-order chi connectivity index (χ0) is 11.0. The molecule has 0 saturated heterocycles. The van der Waals surface area contributed by atoms with Gasteiger partial charge in [0.2, 0.25) is 0 Å². The van der Waals surface area contributed by atoms with Crippen molar-refractivity contribution in [2.75, 3.05) is 33.4 Å². The summed E-state index contributed by atoms with van der Waals surface area (Å²) in [5, 5.41) is 4.01. The van der Waals surface area contributed by atoms with E-state index in [0.29, 0.717) is 5.92 Å². The van der Waals surface area contributed by atoms with Crippen LogP contribution in [0.5, 0.6) is 0 Å². The van der Waals surface area contributed by atoms with Crippen LogP contribution in [-0.4, -0.2) is 43.4 Å². The molecule has 4 heteroatoms. The van der Waals surface area contributed by atoms with Crippen LogP contribution < -0.4 is 5.32 Å². The lowest BCUT2D eigenvalue weighted by molar-refractivity contribution is 0.136. The molecule has 0 bridgehead atoms. The predicted octanol–water partition coefficient (Wildman–Crippen LogP) is 1.49. The van der Waals surface area contributed by atoms with Crippen LogP contribution in [0.1, 0.15) is 20.8 Å². The van der Waals surface area contributed by atoms with Gasteiger partial charge in [-0.3, -0.25) is 0 Å². The molecule has 0 aromatic rings. The summed E-state index contributed by atoms with van der Waals surface area (Å²) in [7, 11) is 1.98. The van der Waals surface area contributed by atoms with Crippen molar-refractivity contribution in [3.63, 3.8) is 0 Å². The van der Waals surface area contributed by atoms with Gasteiger partial charge in [-0.15, -0.1) is 0 Å². The van der Waals surface area contributed by atoms with E-state index < -0.39 is 0 Å². The quantitative estimate of drug-likeness (QED) is 0.539. The Morgan fingerprint density at radius 2 is 2.14 bits per heavy atom. The first-order valence-corrected chi connectivity index (χ1v) is 5.55. The second-order valence-corrected chi connectivity index (χ2v) is 4.09. The summed E-state index contributed by atoms with van der Waals surface area (Å²) in [4.78, 5) is 2.01. The maximum absolute atomic E-state index is 5.25. The van der Waals surface area contributed by atoms with Crippen molar-refractivity contribution in [1.82, 2.24) is 10.2 Å². The van der Waals surface area contributed by atoms with Crippen LogP contribution in [0.15, 0.2) is 0 Å². The number of likely N-dealkylation sites (N-methyl/N-ethyl adjacent to an activating group) is 1. The van der Waals surface area contributed by atoms with Gasteiger partial charge in [0.1, 0.15) is 0 Å². The minimum Gasteiger partial charge on any atom is -0.380 e. The molecule has 0 aromatic carbocycles. The van der Waals surface area contributed by atoms with Crippen molar-refractivity contribution in [3.8, 4) is 0 Å². The molecule has 0 aliphatic heterocycles. The Morgan fingerprint density at radius 1 is 1.50 bits per heavy atom. The highest BCUT2D eigenvalue weighted by molar-refractivity contribution is 7.80. The highest BCUT2D eigenvalue weighted by Crippen LogP contribution is 1.90. The lowest BCUT2D eigenvalue weighted by Gasteiger charge is -2.21. The van der Waals surface area contributed by atoms with Gasteiger partial charge < -0.3 is 15.0 Å². The van der Waals surface area contributed by atoms with E-state index in [9.17, 15) is 0 Å². The van der Waals surface area contributed by atoms with Gasteiger partial charge in [-0.25, -0.2) is 0 Å². The van der Waals surface area contributed by atoms with E-state index in [2.05, 4.69) is 19.2 Å². The van der Waals surface area contributed by atoms with Gasteiger partial charge in [0.25, 0.3) is 0 Å². The molecule has 0 amide bonds. The molecule has 0 aliphatic carbocycles. The molecule has 0 atom stereocenters. The van der Waals surface area contributed by atoms with E-state index in [1.54, 1.807) is 0 Å². The fraction of sp³-hybridized carbons (Fsp3) is 0.900. The minimum atomic E-state index is 0.619. The Hall–Kier alpha value is -0.350. The first-order chi connectivity index (χ1) is 6.57.